The largest absolute Gasteiger partial charge is 0.476 e. The van der Waals surface area contributed by atoms with E-state index in [1.54, 1.807) is 19.1 Å². The van der Waals surface area contributed by atoms with Crippen LogP contribution < -0.4 is 0 Å². The Morgan fingerprint density at radius 1 is 1.33 bits per heavy atom. The van der Waals surface area contributed by atoms with Crippen molar-refractivity contribution in [2.75, 3.05) is 0 Å². The van der Waals surface area contributed by atoms with Crippen molar-refractivity contribution in [2.45, 2.75) is 6.92 Å². The zero-order chi connectivity index (χ0) is 10.8. The highest BCUT2D eigenvalue weighted by Gasteiger charge is 2.17. The first-order valence-electron chi connectivity index (χ1n) is 4.41. The molecule has 76 valence electrons. The fourth-order valence-electron chi connectivity index (χ4n) is 1.35. The maximum absolute atomic E-state index is 11.0. The van der Waals surface area contributed by atoms with Crippen LogP contribution in [0.4, 0.5) is 0 Å². The first-order valence-corrected chi connectivity index (χ1v) is 4.41. The van der Waals surface area contributed by atoms with Gasteiger partial charge in [0, 0.05) is 0 Å². The number of aromatic carboxylic acids is 1. The Morgan fingerprint density at radius 2 is 2.00 bits per heavy atom. The third-order valence-corrected chi connectivity index (χ3v) is 2.04. The monoisotopic (exact) mass is 203 g/mol. The van der Waals surface area contributed by atoms with Gasteiger partial charge in [0.15, 0.2) is 5.69 Å². The smallest absolute Gasteiger partial charge is 0.356 e. The number of para-hydroxylation sites is 1. The second-order valence-electron chi connectivity index (χ2n) is 3.08. The van der Waals surface area contributed by atoms with Gasteiger partial charge in [-0.1, -0.05) is 23.4 Å². The van der Waals surface area contributed by atoms with Crippen LogP contribution in [-0.4, -0.2) is 26.1 Å². The second kappa shape index (κ2) is 3.53. The topological polar surface area (TPSA) is 68.0 Å². The van der Waals surface area contributed by atoms with E-state index in [4.69, 9.17) is 5.11 Å². The predicted molar refractivity (Wildman–Crippen MR) is 53.1 cm³/mol. The molecule has 0 fully saturated rings. The van der Waals surface area contributed by atoms with Gasteiger partial charge in [0.2, 0.25) is 0 Å². The number of rotatable bonds is 2. The molecule has 15 heavy (non-hydrogen) atoms. The standard InChI is InChI=1S/C10H9N3O2/c1-7-9(10(14)15)13(12-11-7)8-5-3-2-4-6-8/h2-6H,1H3,(H,14,15). The molecule has 0 aliphatic rings. The van der Waals surface area contributed by atoms with Crippen molar-refractivity contribution in [3.05, 3.63) is 41.7 Å². The van der Waals surface area contributed by atoms with Gasteiger partial charge in [-0.2, -0.15) is 0 Å². The van der Waals surface area contributed by atoms with Gasteiger partial charge in [-0.05, 0) is 19.1 Å². The zero-order valence-electron chi connectivity index (χ0n) is 8.08. The molecule has 2 rings (SSSR count). The molecule has 0 unspecified atom stereocenters. The van der Waals surface area contributed by atoms with Crippen molar-refractivity contribution >= 4 is 5.97 Å². The Labute approximate surface area is 86.0 Å². The highest BCUT2D eigenvalue weighted by atomic mass is 16.4. The summed E-state index contributed by atoms with van der Waals surface area (Å²) < 4.78 is 1.32. The summed E-state index contributed by atoms with van der Waals surface area (Å²) in [6.45, 7) is 1.62. The Kier molecular flexibility index (Phi) is 2.21. The highest BCUT2D eigenvalue weighted by molar-refractivity contribution is 5.87. The van der Waals surface area contributed by atoms with Crippen LogP contribution in [0.25, 0.3) is 5.69 Å². The molecular weight excluding hydrogens is 194 g/mol. The summed E-state index contributed by atoms with van der Waals surface area (Å²) in [5.74, 6) is -1.03. The van der Waals surface area contributed by atoms with Crippen molar-refractivity contribution in [2.24, 2.45) is 0 Å². The summed E-state index contributed by atoms with van der Waals surface area (Å²) in [5.41, 5.74) is 1.20. The molecule has 1 aromatic carbocycles. The van der Waals surface area contributed by atoms with Crippen LogP contribution in [0.1, 0.15) is 16.2 Å². The zero-order valence-corrected chi connectivity index (χ0v) is 8.08. The van der Waals surface area contributed by atoms with E-state index in [1.807, 2.05) is 18.2 Å². The minimum absolute atomic E-state index is 0.0983. The number of hydrogen-bond acceptors (Lipinski definition) is 3. The average molecular weight is 203 g/mol. The van der Waals surface area contributed by atoms with Gasteiger partial charge in [0.1, 0.15) is 0 Å². The normalized spacial score (nSPS) is 10.2. The molecule has 0 bridgehead atoms. The van der Waals surface area contributed by atoms with E-state index in [9.17, 15) is 4.79 Å². The fourth-order valence-corrected chi connectivity index (χ4v) is 1.35. The SMILES string of the molecule is Cc1nnn(-c2ccccc2)c1C(=O)O. The van der Waals surface area contributed by atoms with Gasteiger partial charge in [-0.3, -0.25) is 0 Å². The maximum atomic E-state index is 11.0. The van der Waals surface area contributed by atoms with E-state index in [2.05, 4.69) is 10.3 Å². The quantitative estimate of drug-likeness (QED) is 0.798. The van der Waals surface area contributed by atoms with Gasteiger partial charge in [-0.15, -0.1) is 5.10 Å². The molecule has 0 atom stereocenters. The molecule has 0 saturated heterocycles. The molecule has 5 nitrogen and oxygen atoms in total. The van der Waals surface area contributed by atoms with Gasteiger partial charge in [0.25, 0.3) is 0 Å². The van der Waals surface area contributed by atoms with E-state index in [-0.39, 0.29) is 5.69 Å². The summed E-state index contributed by atoms with van der Waals surface area (Å²) in [6, 6.07) is 9.05. The van der Waals surface area contributed by atoms with Crippen LogP contribution in [-0.2, 0) is 0 Å². The van der Waals surface area contributed by atoms with E-state index in [0.29, 0.717) is 11.4 Å². The molecule has 1 aromatic heterocycles. The average Bonchev–Trinajstić information content (AvgIpc) is 2.61. The summed E-state index contributed by atoms with van der Waals surface area (Å²) in [4.78, 5) is 11.0. The van der Waals surface area contributed by atoms with Crippen LogP contribution in [0.3, 0.4) is 0 Å². The molecule has 5 heteroatoms. The lowest BCUT2D eigenvalue weighted by atomic mass is 10.3. The second-order valence-corrected chi connectivity index (χ2v) is 3.08. The molecule has 0 amide bonds. The molecule has 1 N–H and O–H groups in total. The Hall–Kier alpha value is -2.17. The van der Waals surface area contributed by atoms with Crippen LogP contribution in [0.2, 0.25) is 0 Å². The molecule has 0 saturated carbocycles. The van der Waals surface area contributed by atoms with Crippen LogP contribution >= 0.6 is 0 Å². The lowest BCUT2D eigenvalue weighted by Crippen LogP contribution is -2.08. The highest BCUT2D eigenvalue weighted by Crippen LogP contribution is 2.11. The van der Waals surface area contributed by atoms with E-state index in [1.165, 1.54) is 4.68 Å². The van der Waals surface area contributed by atoms with E-state index < -0.39 is 5.97 Å². The number of benzene rings is 1. The number of carboxylic acid groups (broad SMARTS) is 1. The molecular formula is C10H9N3O2. The molecule has 0 radical (unpaired) electrons. The van der Waals surface area contributed by atoms with Gasteiger partial charge < -0.3 is 5.11 Å². The number of carboxylic acids is 1. The van der Waals surface area contributed by atoms with Crippen molar-refractivity contribution in [3.63, 3.8) is 0 Å². The van der Waals surface area contributed by atoms with E-state index >= 15 is 0 Å². The van der Waals surface area contributed by atoms with Crippen molar-refractivity contribution < 1.29 is 9.90 Å². The van der Waals surface area contributed by atoms with Gasteiger partial charge >= 0.3 is 5.97 Å². The Bertz CT molecular complexity index is 491. The molecule has 0 spiro atoms. The third kappa shape index (κ3) is 1.59. The molecule has 0 aliphatic carbocycles. The number of carbonyl (C=O) groups is 1. The lowest BCUT2D eigenvalue weighted by Gasteiger charge is -2.02. The summed E-state index contributed by atoms with van der Waals surface area (Å²) in [6.07, 6.45) is 0. The Morgan fingerprint density at radius 3 is 2.60 bits per heavy atom. The summed E-state index contributed by atoms with van der Waals surface area (Å²) >= 11 is 0. The number of aromatic nitrogens is 3. The number of aryl methyl sites for hydroxylation is 1. The molecule has 0 aliphatic heterocycles. The van der Waals surface area contributed by atoms with Crippen LogP contribution in [0.5, 0.6) is 0 Å². The Balaban J connectivity index is 2.59. The first-order chi connectivity index (χ1) is 7.20. The lowest BCUT2D eigenvalue weighted by molar-refractivity contribution is 0.0686. The van der Waals surface area contributed by atoms with Crippen molar-refractivity contribution in [1.29, 1.82) is 0 Å². The fraction of sp³-hybridized carbons (Fsp3) is 0.100. The minimum atomic E-state index is -1.03. The van der Waals surface area contributed by atoms with Crippen LogP contribution in [0, 0.1) is 6.92 Å². The summed E-state index contributed by atoms with van der Waals surface area (Å²) in [5, 5.41) is 16.5. The summed E-state index contributed by atoms with van der Waals surface area (Å²) in [7, 11) is 0. The minimum Gasteiger partial charge on any atom is -0.476 e. The third-order valence-electron chi connectivity index (χ3n) is 2.04. The number of hydrogen-bond donors (Lipinski definition) is 1. The van der Waals surface area contributed by atoms with Gasteiger partial charge in [0.05, 0.1) is 11.4 Å². The van der Waals surface area contributed by atoms with E-state index in [0.717, 1.165) is 0 Å². The van der Waals surface area contributed by atoms with Crippen molar-refractivity contribution in [3.8, 4) is 5.69 Å². The maximum Gasteiger partial charge on any atom is 0.356 e. The van der Waals surface area contributed by atoms with Crippen molar-refractivity contribution in [1.82, 2.24) is 15.0 Å². The molecule has 2 aromatic rings. The van der Waals surface area contributed by atoms with Gasteiger partial charge in [-0.25, -0.2) is 9.48 Å². The predicted octanol–water partition coefficient (Wildman–Crippen LogP) is 1.27. The number of nitrogens with zero attached hydrogens (tertiary/aromatic N) is 3. The first kappa shape index (κ1) is 9.39. The molecule has 1 heterocycles. The van der Waals surface area contributed by atoms with Crippen LogP contribution in [0.15, 0.2) is 30.3 Å².